The Morgan fingerprint density at radius 3 is 2.75 bits per heavy atom. The minimum Gasteiger partial charge on any atom is -0.327 e. The highest BCUT2D eigenvalue weighted by atomic mass is 19.1. The molecule has 0 bridgehead atoms. The van der Waals surface area contributed by atoms with Gasteiger partial charge in [0.15, 0.2) is 0 Å². The second-order valence-corrected chi connectivity index (χ2v) is 3.66. The molecule has 16 heavy (non-hydrogen) atoms. The van der Waals surface area contributed by atoms with E-state index in [1.807, 2.05) is 0 Å². The fraction of sp³-hybridized carbons (Fsp3) is 0.273. The molecule has 1 saturated heterocycles. The Balaban J connectivity index is 2.37. The topological polar surface area (TPSA) is 40.6 Å². The first-order valence-electron chi connectivity index (χ1n) is 4.93. The molecule has 5 heteroatoms. The molecular weight excluding hydrogens is 211 g/mol. The molecule has 1 aromatic rings. The first-order valence-corrected chi connectivity index (χ1v) is 4.93. The number of urea groups is 1. The van der Waals surface area contributed by atoms with Gasteiger partial charge in [0.25, 0.3) is 0 Å². The van der Waals surface area contributed by atoms with Gasteiger partial charge in [0.2, 0.25) is 5.91 Å². The van der Waals surface area contributed by atoms with E-state index in [0.717, 1.165) is 4.90 Å². The van der Waals surface area contributed by atoms with E-state index in [2.05, 4.69) is 0 Å². The van der Waals surface area contributed by atoms with Gasteiger partial charge in [0.1, 0.15) is 5.82 Å². The van der Waals surface area contributed by atoms with Crippen LogP contribution in [-0.4, -0.2) is 30.4 Å². The zero-order valence-electron chi connectivity index (χ0n) is 8.81. The molecule has 4 nitrogen and oxygen atoms in total. The van der Waals surface area contributed by atoms with Crippen molar-refractivity contribution >= 4 is 17.6 Å². The minimum absolute atomic E-state index is 0.263. The van der Waals surface area contributed by atoms with Crippen LogP contribution in [0.4, 0.5) is 14.9 Å². The van der Waals surface area contributed by atoms with Gasteiger partial charge in [-0.25, -0.2) is 14.1 Å². The summed E-state index contributed by atoms with van der Waals surface area (Å²) in [5.74, 6) is -0.764. The molecule has 1 aromatic carbocycles. The highest BCUT2D eigenvalue weighted by Crippen LogP contribution is 2.20. The molecule has 84 valence electrons. The number of carbonyl (C=O) groups is 2. The van der Waals surface area contributed by atoms with Crippen molar-refractivity contribution in [1.82, 2.24) is 4.90 Å². The number of carbonyl (C=O) groups excluding carboxylic acids is 2. The number of rotatable bonds is 1. The average molecular weight is 222 g/mol. The lowest BCUT2D eigenvalue weighted by Gasteiger charge is -2.31. The molecule has 2 rings (SSSR count). The molecule has 1 aliphatic heterocycles. The summed E-state index contributed by atoms with van der Waals surface area (Å²) in [5, 5.41) is 0. The van der Waals surface area contributed by atoms with E-state index in [0.29, 0.717) is 6.54 Å². The molecule has 1 fully saturated rings. The van der Waals surface area contributed by atoms with Crippen LogP contribution in [0.5, 0.6) is 0 Å². The van der Waals surface area contributed by atoms with E-state index in [1.54, 1.807) is 7.05 Å². The van der Waals surface area contributed by atoms with Crippen LogP contribution >= 0.6 is 0 Å². The molecule has 0 unspecified atom stereocenters. The fourth-order valence-electron chi connectivity index (χ4n) is 1.62. The summed E-state index contributed by atoms with van der Waals surface area (Å²) < 4.78 is 13.0. The Bertz CT molecular complexity index is 447. The van der Waals surface area contributed by atoms with Crippen molar-refractivity contribution in [1.29, 1.82) is 0 Å². The number of anilines is 1. The lowest BCUT2D eigenvalue weighted by molar-refractivity contribution is -0.119. The van der Waals surface area contributed by atoms with Crippen molar-refractivity contribution < 1.29 is 14.0 Å². The van der Waals surface area contributed by atoms with E-state index in [1.165, 1.54) is 29.2 Å². The number of amides is 3. The number of halogens is 1. The van der Waals surface area contributed by atoms with E-state index in [9.17, 15) is 14.0 Å². The maximum atomic E-state index is 13.0. The standard InChI is InChI=1S/C11H11FN2O2/c1-13-6-5-10(15)14(11(13)16)9-4-2-3-8(12)7-9/h2-4,7H,5-6H2,1H3. The second kappa shape index (κ2) is 3.92. The third kappa shape index (κ3) is 1.76. The van der Waals surface area contributed by atoms with E-state index >= 15 is 0 Å². The van der Waals surface area contributed by atoms with E-state index in [4.69, 9.17) is 0 Å². The summed E-state index contributed by atoms with van der Waals surface area (Å²) in [7, 11) is 1.61. The molecule has 0 atom stereocenters. The Kier molecular flexibility index (Phi) is 2.60. The Labute approximate surface area is 92.3 Å². The monoisotopic (exact) mass is 222 g/mol. The van der Waals surface area contributed by atoms with Gasteiger partial charge in [-0.2, -0.15) is 0 Å². The van der Waals surface area contributed by atoms with Crippen LogP contribution < -0.4 is 4.90 Å². The van der Waals surface area contributed by atoms with Crippen molar-refractivity contribution in [2.24, 2.45) is 0 Å². The minimum atomic E-state index is -0.466. The van der Waals surface area contributed by atoms with Crippen molar-refractivity contribution in [2.75, 3.05) is 18.5 Å². The smallest absolute Gasteiger partial charge is 0.327 e. The fourth-order valence-corrected chi connectivity index (χ4v) is 1.62. The SMILES string of the molecule is CN1CCC(=O)N(c2cccc(F)c2)C1=O. The molecule has 1 heterocycles. The van der Waals surface area contributed by atoms with Gasteiger partial charge in [0, 0.05) is 20.0 Å². The Morgan fingerprint density at radius 1 is 1.31 bits per heavy atom. The van der Waals surface area contributed by atoms with Gasteiger partial charge in [-0.05, 0) is 18.2 Å². The summed E-state index contributed by atoms with van der Waals surface area (Å²) in [5.41, 5.74) is 0.279. The van der Waals surface area contributed by atoms with Crippen LogP contribution in [0.3, 0.4) is 0 Å². The largest absolute Gasteiger partial charge is 0.331 e. The molecule has 1 aliphatic rings. The number of benzene rings is 1. The predicted octanol–water partition coefficient (Wildman–Crippen LogP) is 1.61. The Morgan fingerprint density at radius 2 is 2.06 bits per heavy atom. The van der Waals surface area contributed by atoms with E-state index < -0.39 is 11.8 Å². The number of hydrogen-bond acceptors (Lipinski definition) is 2. The number of nitrogens with zero attached hydrogens (tertiary/aromatic N) is 2. The van der Waals surface area contributed by atoms with Crippen molar-refractivity contribution in [3.8, 4) is 0 Å². The highest BCUT2D eigenvalue weighted by molar-refractivity contribution is 6.15. The lowest BCUT2D eigenvalue weighted by atomic mass is 10.2. The first kappa shape index (κ1) is 10.6. The van der Waals surface area contributed by atoms with Gasteiger partial charge >= 0.3 is 6.03 Å². The zero-order valence-corrected chi connectivity index (χ0v) is 8.81. The van der Waals surface area contributed by atoms with E-state index in [-0.39, 0.29) is 18.0 Å². The van der Waals surface area contributed by atoms with Gasteiger partial charge in [-0.3, -0.25) is 4.79 Å². The molecule has 0 aliphatic carbocycles. The zero-order chi connectivity index (χ0) is 11.7. The summed E-state index contributed by atoms with van der Waals surface area (Å²) in [4.78, 5) is 25.8. The molecule has 0 spiro atoms. The quantitative estimate of drug-likeness (QED) is 0.724. The van der Waals surface area contributed by atoms with Crippen LogP contribution in [0, 0.1) is 5.82 Å². The normalized spacial score (nSPS) is 16.9. The molecule has 0 aromatic heterocycles. The van der Waals surface area contributed by atoms with Gasteiger partial charge < -0.3 is 4.90 Å². The number of imide groups is 1. The summed E-state index contributed by atoms with van der Waals surface area (Å²) >= 11 is 0. The van der Waals surface area contributed by atoms with Crippen LogP contribution in [0.25, 0.3) is 0 Å². The van der Waals surface area contributed by atoms with Gasteiger partial charge in [-0.1, -0.05) is 6.07 Å². The van der Waals surface area contributed by atoms with Crippen LogP contribution in [0.2, 0.25) is 0 Å². The van der Waals surface area contributed by atoms with Crippen molar-refractivity contribution in [3.05, 3.63) is 30.1 Å². The Hall–Kier alpha value is -1.91. The molecular formula is C11H11FN2O2. The summed E-state index contributed by atoms with van der Waals surface area (Å²) in [6.07, 6.45) is 0.263. The molecule has 3 amide bonds. The molecule has 0 radical (unpaired) electrons. The predicted molar refractivity (Wildman–Crippen MR) is 56.5 cm³/mol. The second-order valence-electron chi connectivity index (χ2n) is 3.66. The lowest BCUT2D eigenvalue weighted by Crippen LogP contribution is -2.50. The van der Waals surface area contributed by atoms with Gasteiger partial charge in [-0.15, -0.1) is 0 Å². The van der Waals surface area contributed by atoms with Crippen LogP contribution in [0.15, 0.2) is 24.3 Å². The van der Waals surface area contributed by atoms with Crippen LogP contribution in [-0.2, 0) is 4.79 Å². The van der Waals surface area contributed by atoms with Crippen molar-refractivity contribution in [2.45, 2.75) is 6.42 Å². The third-order valence-corrected chi connectivity index (χ3v) is 2.49. The number of hydrogen-bond donors (Lipinski definition) is 0. The maximum Gasteiger partial charge on any atom is 0.331 e. The van der Waals surface area contributed by atoms with Crippen molar-refractivity contribution in [3.63, 3.8) is 0 Å². The van der Waals surface area contributed by atoms with Crippen LogP contribution in [0.1, 0.15) is 6.42 Å². The van der Waals surface area contributed by atoms with Gasteiger partial charge in [0.05, 0.1) is 5.69 Å². The third-order valence-electron chi connectivity index (χ3n) is 2.49. The summed E-state index contributed by atoms with van der Waals surface area (Å²) in [6.45, 7) is 0.406. The average Bonchev–Trinajstić information content (AvgIpc) is 2.24. The maximum absolute atomic E-state index is 13.0. The molecule has 0 N–H and O–H groups in total. The molecule has 0 saturated carbocycles. The first-order chi connectivity index (χ1) is 7.59. The highest BCUT2D eigenvalue weighted by Gasteiger charge is 2.31. The summed E-state index contributed by atoms with van der Waals surface area (Å²) in [6, 6.07) is 5.04.